The van der Waals surface area contributed by atoms with Crippen LogP contribution in [0.4, 0.5) is 5.69 Å². The third-order valence-corrected chi connectivity index (χ3v) is 6.35. The first-order valence-corrected chi connectivity index (χ1v) is 10.8. The maximum absolute atomic E-state index is 13.0. The highest BCUT2D eigenvalue weighted by Gasteiger charge is 2.40. The molecule has 30 heavy (non-hydrogen) atoms. The second-order valence-corrected chi connectivity index (χ2v) is 8.32. The number of anilines is 1. The normalized spacial score (nSPS) is 17.9. The molecule has 0 saturated carbocycles. The van der Waals surface area contributed by atoms with Crippen LogP contribution in [0.25, 0.3) is 11.1 Å². The Labute approximate surface area is 184 Å². The highest BCUT2D eigenvalue weighted by atomic mass is 32.2. The van der Waals surface area contributed by atoms with E-state index in [1.54, 1.807) is 0 Å². The summed E-state index contributed by atoms with van der Waals surface area (Å²) in [6, 6.07) is 16.1. The van der Waals surface area contributed by atoms with Crippen molar-refractivity contribution in [3.8, 4) is 16.9 Å². The second-order valence-electron chi connectivity index (χ2n) is 6.68. The molecule has 2 aliphatic rings. The summed E-state index contributed by atoms with van der Waals surface area (Å²) in [5.41, 5.74) is 3.09. The number of thiocarbonyl (C=S) groups is 1. The Balaban J connectivity index is 1.64. The van der Waals surface area contributed by atoms with Crippen LogP contribution in [-0.4, -0.2) is 41.3 Å². The number of carbonyl (C=O) groups excluding carboxylic acids is 2. The monoisotopic (exact) mass is 440 g/mol. The molecule has 6 nitrogen and oxygen atoms in total. The lowest BCUT2D eigenvalue weighted by atomic mass is 10.0. The number of hydrogen-bond acceptors (Lipinski definition) is 7. The zero-order valence-corrected chi connectivity index (χ0v) is 18.2. The molecule has 0 unspecified atom stereocenters. The van der Waals surface area contributed by atoms with E-state index in [0.29, 0.717) is 27.4 Å². The van der Waals surface area contributed by atoms with Crippen LogP contribution in [0, 0.1) is 0 Å². The smallest absolute Gasteiger partial charge is 0.307 e. The van der Waals surface area contributed by atoms with Gasteiger partial charge in [-0.1, -0.05) is 48.6 Å². The average molecular weight is 441 g/mol. The van der Waals surface area contributed by atoms with Crippen molar-refractivity contribution in [3.63, 3.8) is 0 Å². The molecule has 8 heteroatoms. The Hall–Kier alpha value is -2.84. The first-order chi connectivity index (χ1) is 14.5. The Morgan fingerprint density at radius 1 is 1.13 bits per heavy atom. The van der Waals surface area contributed by atoms with E-state index in [9.17, 15) is 9.59 Å². The summed E-state index contributed by atoms with van der Waals surface area (Å²) >= 11 is 6.57. The molecule has 0 aromatic heterocycles. The van der Waals surface area contributed by atoms with Gasteiger partial charge in [-0.05, 0) is 41.9 Å². The first kappa shape index (κ1) is 20.4. The number of benzene rings is 2. The van der Waals surface area contributed by atoms with E-state index in [0.717, 1.165) is 16.8 Å². The molecular weight excluding hydrogens is 420 g/mol. The molecule has 0 atom stereocenters. The molecule has 4 rings (SSSR count). The predicted octanol–water partition coefficient (Wildman–Crippen LogP) is 4.16. The highest BCUT2D eigenvalue weighted by Crippen LogP contribution is 2.45. The van der Waals surface area contributed by atoms with Crippen molar-refractivity contribution in [2.75, 3.05) is 25.1 Å². The summed E-state index contributed by atoms with van der Waals surface area (Å²) in [5.74, 6) is 0.547. The van der Waals surface area contributed by atoms with Crippen molar-refractivity contribution in [3.05, 3.63) is 59.3 Å². The lowest BCUT2D eigenvalue weighted by Gasteiger charge is -2.17. The molecule has 154 valence electrons. The topological polar surface area (TPSA) is 59.1 Å². The number of amides is 1. The molecule has 0 bridgehead atoms. The van der Waals surface area contributed by atoms with Gasteiger partial charge in [-0.25, -0.2) is 0 Å². The Kier molecular flexibility index (Phi) is 5.78. The van der Waals surface area contributed by atoms with Gasteiger partial charge in [-0.3, -0.25) is 14.5 Å². The van der Waals surface area contributed by atoms with Gasteiger partial charge in [0.1, 0.15) is 9.23 Å². The van der Waals surface area contributed by atoms with Crippen LogP contribution >= 0.6 is 24.0 Å². The summed E-state index contributed by atoms with van der Waals surface area (Å²) in [7, 11) is 1.32. The summed E-state index contributed by atoms with van der Waals surface area (Å²) in [6.45, 7) is 2.82. The third-order valence-electron chi connectivity index (χ3n) is 4.94. The minimum absolute atomic E-state index is 0.0879. The maximum atomic E-state index is 13.0. The highest BCUT2D eigenvalue weighted by molar-refractivity contribution is 8.26. The average Bonchev–Trinajstić information content (AvgIpc) is 3.28. The van der Waals surface area contributed by atoms with Gasteiger partial charge in [0.05, 0.1) is 19.2 Å². The van der Waals surface area contributed by atoms with Gasteiger partial charge in [0.25, 0.3) is 5.91 Å². The number of carbonyl (C=O) groups is 2. The van der Waals surface area contributed by atoms with Crippen molar-refractivity contribution >= 4 is 45.9 Å². The van der Waals surface area contributed by atoms with Crippen molar-refractivity contribution in [1.82, 2.24) is 4.90 Å². The van der Waals surface area contributed by atoms with Crippen LogP contribution in [0.2, 0.25) is 0 Å². The number of esters is 1. The SMILES string of the molecule is CCN1/C(=C2\SC(=S)N(CCC(=O)OC)C2=O)Oc2ccc(-c3ccccc3)cc21. The van der Waals surface area contributed by atoms with E-state index in [1.807, 2.05) is 42.2 Å². The summed E-state index contributed by atoms with van der Waals surface area (Å²) in [4.78, 5) is 28.3. The van der Waals surface area contributed by atoms with Gasteiger partial charge >= 0.3 is 5.97 Å². The molecule has 1 saturated heterocycles. The van der Waals surface area contributed by atoms with Crippen LogP contribution < -0.4 is 9.64 Å². The molecule has 2 heterocycles. The van der Waals surface area contributed by atoms with Crippen LogP contribution in [0.15, 0.2) is 59.3 Å². The quantitative estimate of drug-likeness (QED) is 0.393. The lowest BCUT2D eigenvalue weighted by molar-refractivity contribution is -0.140. The fourth-order valence-corrected chi connectivity index (χ4v) is 4.72. The molecule has 2 aliphatic heterocycles. The van der Waals surface area contributed by atoms with Crippen LogP contribution in [0.5, 0.6) is 5.75 Å². The number of nitrogens with zero attached hydrogens (tertiary/aromatic N) is 2. The fraction of sp³-hybridized carbons (Fsp3) is 0.227. The second kappa shape index (κ2) is 8.49. The van der Waals surface area contributed by atoms with Gasteiger partial charge in [-0.2, -0.15) is 0 Å². The Morgan fingerprint density at radius 3 is 2.60 bits per heavy atom. The minimum atomic E-state index is -0.384. The molecule has 0 spiro atoms. The number of thioether (sulfide) groups is 1. The van der Waals surface area contributed by atoms with Gasteiger partial charge in [0.2, 0.25) is 5.88 Å². The molecule has 0 radical (unpaired) electrons. The third kappa shape index (κ3) is 3.68. The molecular formula is C22H20N2O4S2. The summed E-state index contributed by atoms with van der Waals surface area (Å²) in [5, 5.41) is 0. The van der Waals surface area contributed by atoms with Crippen molar-refractivity contribution in [2.45, 2.75) is 13.3 Å². The number of methoxy groups -OCH3 is 1. The maximum Gasteiger partial charge on any atom is 0.307 e. The summed E-state index contributed by atoms with van der Waals surface area (Å²) in [6.07, 6.45) is 0.0879. The standard InChI is InChI=1S/C22H20N2O4S2/c1-3-23-16-13-15(14-7-5-4-6-8-14)9-10-17(16)28-21(23)19-20(26)24(22(29)30-19)12-11-18(25)27-2/h4-10,13H,3,11-12H2,1-2H3/b21-19+. The van der Waals surface area contributed by atoms with Gasteiger partial charge < -0.3 is 14.4 Å². The Morgan fingerprint density at radius 2 is 1.90 bits per heavy atom. The van der Waals surface area contributed by atoms with E-state index in [1.165, 1.54) is 23.8 Å². The van der Waals surface area contributed by atoms with Gasteiger partial charge in [-0.15, -0.1) is 0 Å². The minimum Gasteiger partial charge on any atom is -0.469 e. The number of rotatable bonds is 5. The number of ether oxygens (including phenoxy) is 2. The molecule has 0 aliphatic carbocycles. The van der Waals surface area contributed by atoms with Crippen LogP contribution in [0.1, 0.15) is 13.3 Å². The molecule has 1 fully saturated rings. The van der Waals surface area contributed by atoms with Crippen LogP contribution in [-0.2, 0) is 14.3 Å². The molecule has 2 aromatic rings. The van der Waals surface area contributed by atoms with Crippen molar-refractivity contribution in [2.24, 2.45) is 0 Å². The first-order valence-electron chi connectivity index (χ1n) is 9.53. The predicted molar refractivity (Wildman–Crippen MR) is 121 cm³/mol. The zero-order valence-electron chi connectivity index (χ0n) is 16.6. The van der Waals surface area contributed by atoms with E-state index in [2.05, 4.69) is 22.9 Å². The number of hydrogen-bond donors (Lipinski definition) is 0. The fourth-order valence-electron chi connectivity index (χ4n) is 3.40. The van der Waals surface area contributed by atoms with E-state index in [-0.39, 0.29) is 24.8 Å². The van der Waals surface area contributed by atoms with Crippen molar-refractivity contribution < 1.29 is 19.1 Å². The van der Waals surface area contributed by atoms with E-state index in [4.69, 9.17) is 17.0 Å². The van der Waals surface area contributed by atoms with Gasteiger partial charge in [0, 0.05) is 13.1 Å². The van der Waals surface area contributed by atoms with E-state index >= 15 is 0 Å². The molecule has 1 amide bonds. The lowest BCUT2D eigenvalue weighted by Crippen LogP contribution is -2.31. The number of fused-ring (bicyclic) bond motifs is 1. The largest absolute Gasteiger partial charge is 0.469 e. The Bertz CT molecular complexity index is 1050. The van der Waals surface area contributed by atoms with Crippen molar-refractivity contribution in [1.29, 1.82) is 0 Å². The molecule has 2 aromatic carbocycles. The van der Waals surface area contributed by atoms with E-state index < -0.39 is 0 Å². The van der Waals surface area contributed by atoms with Crippen LogP contribution in [0.3, 0.4) is 0 Å². The van der Waals surface area contributed by atoms with Gasteiger partial charge in [0.15, 0.2) is 5.75 Å². The summed E-state index contributed by atoms with van der Waals surface area (Å²) < 4.78 is 11.2. The zero-order chi connectivity index (χ0) is 21.3. The molecule has 0 N–H and O–H groups in total.